The molecule has 1 aliphatic heterocycles. The van der Waals surface area contributed by atoms with E-state index in [1.807, 2.05) is 25.7 Å². The predicted octanol–water partition coefficient (Wildman–Crippen LogP) is 1.93. The number of H-pyrrole nitrogens is 1. The van der Waals surface area contributed by atoms with Crippen molar-refractivity contribution in [2.24, 2.45) is 0 Å². The van der Waals surface area contributed by atoms with Gasteiger partial charge in [-0.2, -0.15) is 0 Å². The Balaban J connectivity index is 1.91. The van der Waals surface area contributed by atoms with Crippen molar-refractivity contribution in [2.45, 2.75) is 52.6 Å². The molecule has 0 spiro atoms. The average Bonchev–Trinajstić information content (AvgIpc) is 3.02. The van der Waals surface area contributed by atoms with Crippen LogP contribution in [0.3, 0.4) is 0 Å². The van der Waals surface area contributed by atoms with Gasteiger partial charge in [0.25, 0.3) is 5.91 Å². The highest BCUT2D eigenvalue weighted by Gasteiger charge is 2.36. The van der Waals surface area contributed by atoms with Gasteiger partial charge in [0.2, 0.25) is 5.91 Å². The van der Waals surface area contributed by atoms with Crippen LogP contribution in [0.1, 0.15) is 51.4 Å². The van der Waals surface area contributed by atoms with Crippen LogP contribution in [-0.2, 0) is 4.79 Å². The van der Waals surface area contributed by atoms with Gasteiger partial charge < -0.3 is 20.1 Å². The van der Waals surface area contributed by atoms with E-state index in [0.717, 1.165) is 0 Å². The standard InChI is InChI=1S/C19H28N6O2/c1-6-15(26)24-7-8-25(19(4,5)11-24)14-10-21-17-16(23-14)13(9-20-17)18(27)22-12(2)3/h9-10,12H,6-8,11H2,1-5H3,(H,20,21)(H,22,27). The van der Waals surface area contributed by atoms with Crippen molar-refractivity contribution in [3.63, 3.8) is 0 Å². The Morgan fingerprint density at radius 2 is 2.07 bits per heavy atom. The summed E-state index contributed by atoms with van der Waals surface area (Å²) in [6.45, 7) is 11.9. The van der Waals surface area contributed by atoms with Crippen molar-refractivity contribution in [3.8, 4) is 0 Å². The SMILES string of the molecule is CCC(=O)N1CCN(c2cnc3[nH]cc(C(=O)NC(C)C)c3n2)C(C)(C)C1. The summed E-state index contributed by atoms with van der Waals surface area (Å²) >= 11 is 0. The maximum absolute atomic E-state index is 12.4. The number of carbonyl (C=O) groups is 2. The average molecular weight is 372 g/mol. The number of nitrogens with one attached hydrogen (secondary N) is 2. The smallest absolute Gasteiger partial charge is 0.255 e. The number of carbonyl (C=O) groups excluding carboxylic acids is 2. The number of amides is 2. The quantitative estimate of drug-likeness (QED) is 0.855. The van der Waals surface area contributed by atoms with E-state index < -0.39 is 0 Å². The van der Waals surface area contributed by atoms with Gasteiger partial charge >= 0.3 is 0 Å². The molecule has 0 atom stereocenters. The van der Waals surface area contributed by atoms with Gasteiger partial charge in [-0.1, -0.05) is 6.92 Å². The van der Waals surface area contributed by atoms with E-state index in [4.69, 9.17) is 4.98 Å². The summed E-state index contributed by atoms with van der Waals surface area (Å²) < 4.78 is 0. The van der Waals surface area contributed by atoms with E-state index >= 15 is 0 Å². The Morgan fingerprint density at radius 3 is 2.70 bits per heavy atom. The molecule has 0 saturated carbocycles. The van der Waals surface area contributed by atoms with Gasteiger partial charge in [-0.3, -0.25) is 9.59 Å². The van der Waals surface area contributed by atoms with Gasteiger partial charge in [-0.05, 0) is 27.7 Å². The van der Waals surface area contributed by atoms with Crippen LogP contribution in [0.5, 0.6) is 0 Å². The Labute approximate surface area is 159 Å². The molecule has 0 aromatic carbocycles. The maximum Gasteiger partial charge on any atom is 0.255 e. The second-order valence-corrected chi connectivity index (χ2v) is 7.89. The summed E-state index contributed by atoms with van der Waals surface area (Å²) in [5, 5.41) is 2.89. The lowest BCUT2D eigenvalue weighted by Crippen LogP contribution is -2.60. The van der Waals surface area contributed by atoms with Gasteiger partial charge in [0.1, 0.15) is 11.3 Å². The van der Waals surface area contributed by atoms with Crippen LogP contribution in [0.2, 0.25) is 0 Å². The Kier molecular flexibility index (Phi) is 5.08. The predicted molar refractivity (Wildman–Crippen MR) is 105 cm³/mol. The molecule has 27 heavy (non-hydrogen) atoms. The number of piperazine rings is 1. The molecule has 8 nitrogen and oxygen atoms in total. The number of fused-ring (bicyclic) bond motifs is 1. The van der Waals surface area contributed by atoms with Crippen molar-refractivity contribution in [1.82, 2.24) is 25.2 Å². The molecule has 2 N–H and O–H groups in total. The van der Waals surface area contributed by atoms with E-state index in [0.29, 0.717) is 48.6 Å². The van der Waals surface area contributed by atoms with E-state index in [9.17, 15) is 9.59 Å². The third-order valence-electron chi connectivity index (χ3n) is 4.87. The van der Waals surface area contributed by atoms with Crippen molar-refractivity contribution in [1.29, 1.82) is 0 Å². The fourth-order valence-electron chi connectivity index (χ4n) is 3.54. The maximum atomic E-state index is 12.4. The fraction of sp³-hybridized carbons (Fsp3) is 0.579. The lowest BCUT2D eigenvalue weighted by Gasteiger charge is -2.47. The highest BCUT2D eigenvalue weighted by molar-refractivity contribution is 6.04. The lowest BCUT2D eigenvalue weighted by atomic mass is 9.98. The molecule has 0 unspecified atom stereocenters. The van der Waals surface area contributed by atoms with Crippen LogP contribution in [0.4, 0.5) is 5.82 Å². The molecule has 1 aliphatic rings. The minimum Gasteiger partial charge on any atom is -0.350 e. The molecule has 1 fully saturated rings. The number of rotatable bonds is 4. The first-order valence-electron chi connectivity index (χ1n) is 9.43. The zero-order chi connectivity index (χ0) is 19.8. The van der Waals surface area contributed by atoms with E-state index in [1.54, 1.807) is 12.4 Å². The van der Waals surface area contributed by atoms with Crippen LogP contribution in [0, 0.1) is 0 Å². The van der Waals surface area contributed by atoms with Gasteiger partial charge in [0.15, 0.2) is 5.65 Å². The van der Waals surface area contributed by atoms with E-state index in [-0.39, 0.29) is 23.4 Å². The van der Waals surface area contributed by atoms with Crippen LogP contribution in [-0.4, -0.2) is 62.9 Å². The number of aromatic nitrogens is 3. The third kappa shape index (κ3) is 3.74. The van der Waals surface area contributed by atoms with Crippen LogP contribution in [0.25, 0.3) is 11.2 Å². The first kappa shape index (κ1) is 19.1. The Bertz CT molecular complexity index is 857. The molecule has 8 heteroatoms. The van der Waals surface area contributed by atoms with Crippen molar-refractivity contribution in [3.05, 3.63) is 18.0 Å². The molecule has 0 bridgehead atoms. The number of anilines is 1. The first-order valence-corrected chi connectivity index (χ1v) is 9.43. The van der Waals surface area contributed by atoms with E-state index in [2.05, 4.69) is 34.0 Å². The summed E-state index contributed by atoms with van der Waals surface area (Å²) in [6, 6.07) is 0.0432. The monoisotopic (exact) mass is 372 g/mol. The van der Waals surface area contributed by atoms with Crippen LogP contribution >= 0.6 is 0 Å². The third-order valence-corrected chi connectivity index (χ3v) is 4.87. The highest BCUT2D eigenvalue weighted by atomic mass is 16.2. The van der Waals surface area contributed by atoms with Gasteiger partial charge in [-0.15, -0.1) is 0 Å². The number of hydrogen-bond acceptors (Lipinski definition) is 5. The Morgan fingerprint density at radius 1 is 1.33 bits per heavy atom. The summed E-state index contributed by atoms with van der Waals surface area (Å²) in [7, 11) is 0. The lowest BCUT2D eigenvalue weighted by molar-refractivity contribution is -0.132. The van der Waals surface area contributed by atoms with Crippen molar-refractivity contribution >= 4 is 28.8 Å². The fourth-order valence-corrected chi connectivity index (χ4v) is 3.54. The molecule has 2 aromatic rings. The molecule has 1 saturated heterocycles. The molecule has 146 valence electrons. The highest BCUT2D eigenvalue weighted by Crippen LogP contribution is 2.28. The second-order valence-electron chi connectivity index (χ2n) is 7.89. The molecule has 2 amide bonds. The summed E-state index contributed by atoms with van der Waals surface area (Å²) in [4.78, 5) is 40.8. The largest absolute Gasteiger partial charge is 0.350 e. The van der Waals surface area contributed by atoms with Gasteiger partial charge in [0.05, 0.1) is 17.3 Å². The summed E-state index contributed by atoms with van der Waals surface area (Å²) in [6.07, 6.45) is 3.89. The normalized spacial score (nSPS) is 16.8. The minimum atomic E-state index is -0.276. The molecule has 2 aromatic heterocycles. The Hall–Kier alpha value is -2.64. The summed E-state index contributed by atoms with van der Waals surface area (Å²) in [5.74, 6) is 0.720. The zero-order valence-electron chi connectivity index (χ0n) is 16.7. The molecule has 0 aliphatic carbocycles. The molecule has 3 rings (SSSR count). The number of aromatic amines is 1. The first-order chi connectivity index (χ1) is 12.7. The summed E-state index contributed by atoms with van der Waals surface area (Å²) in [5.41, 5.74) is 1.37. The number of nitrogens with zero attached hydrogens (tertiary/aromatic N) is 4. The molecular formula is C19H28N6O2. The molecule has 0 radical (unpaired) electrons. The van der Waals surface area contributed by atoms with Crippen LogP contribution < -0.4 is 10.2 Å². The molecular weight excluding hydrogens is 344 g/mol. The zero-order valence-corrected chi connectivity index (χ0v) is 16.7. The van der Waals surface area contributed by atoms with Crippen molar-refractivity contribution < 1.29 is 9.59 Å². The minimum absolute atomic E-state index is 0.0432. The topological polar surface area (TPSA) is 94.2 Å². The van der Waals surface area contributed by atoms with Gasteiger partial charge in [0, 0.05) is 38.3 Å². The molecule has 3 heterocycles. The second kappa shape index (κ2) is 7.17. The van der Waals surface area contributed by atoms with Crippen molar-refractivity contribution in [2.75, 3.05) is 24.5 Å². The van der Waals surface area contributed by atoms with Gasteiger partial charge in [-0.25, -0.2) is 9.97 Å². The number of hydrogen-bond donors (Lipinski definition) is 2. The van der Waals surface area contributed by atoms with E-state index in [1.165, 1.54) is 0 Å². The van der Waals surface area contributed by atoms with Crippen LogP contribution in [0.15, 0.2) is 12.4 Å².